The van der Waals surface area contributed by atoms with Crippen LogP contribution in [0.5, 0.6) is 0 Å². The number of piperazine rings is 1. The first-order chi connectivity index (χ1) is 9.48. The molecule has 7 heteroatoms. The van der Waals surface area contributed by atoms with Gasteiger partial charge < -0.3 is 0 Å². The van der Waals surface area contributed by atoms with Crippen molar-refractivity contribution in [3.8, 4) is 0 Å². The normalized spacial score (nSPS) is 22.1. The highest BCUT2D eigenvalue weighted by atomic mass is 35.5. The highest BCUT2D eigenvalue weighted by molar-refractivity contribution is 7.89. The molecule has 0 aromatic carbocycles. The number of rotatable bonds is 4. The first-order valence-corrected chi connectivity index (χ1v) is 8.71. The molecule has 5 nitrogen and oxygen atoms in total. The van der Waals surface area contributed by atoms with Gasteiger partial charge in [0.25, 0.3) is 10.0 Å². The maximum absolute atomic E-state index is 12.5. The molecule has 0 bridgehead atoms. The van der Waals surface area contributed by atoms with Gasteiger partial charge in [-0.05, 0) is 25.1 Å². The second kappa shape index (κ2) is 6.39. The predicted molar refractivity (Wildman–Crippen MR) is 79.3 cm³/mol. The second-order valence-electron chi connectivity index (χ2n) is 4.98. The van der Waals surface area contributed by atoms with Crippen LogP contribution in [0.1, 0.15) is 19.4 Å². The van der Waals surface area contributed by atoms with Crippen molar-refractivity contribution >= 4 is 21.6 Å². The van der Waals surface area contributed by atoms with Crippen molar-refractivity contribution in [1.82, 2.24) is 14.2 Å². The largest absolute Gasteiger partial charge is 0.298 e. The third kappa shape index (κ3) is 3.14. The molecular formula is C13H20ClN3O2S. The van der Waals surface area contributed by atoms with Gasteiger partial charge in [-0.3, -0.25) is 4.90 Å². The van der Waals surface area contributed by atoms with E-state index in [0.29, 0.717) is 19.0 Å². The molecule has 0 radical (unpaired) electrons. The average Bonchev–Trinajstić information content (AvgIpc) is 2.47. The highest BCUT2D eigenvalue weighted by Crippen LogP contribution is 2.19. The number of pyridine rings is 1. The van der Waals surface area contributed by atoms with Gasteiger partial charge in [-0.15, -0.1) is 11.6 Å². The Morgan fingerprint density at radius 1 is 1.40 bits per heavy atom. The molecule has 0 amide bonds. The molecular weight excluding hydrogens is 298 g/mol. The SMILES string of the molecule is CCN1CCN(S(=O)(=O)c2ccc(CCl)cn2)CC1C. The van der Waals surface area contributed by atoms with Gasteiger partial charge in [0, 0.05) is 37.8 Å². The van der Waals surface area contributed by atoms with Crippen LogP contribution < -0.4 is 0 Å². The van der Waals surface area contributed by atoms with Crippen LogP contribution in [-0.4, -0.2) is 54.8 Å². The van der Waals surface area contributed by atoms with Gasteiger partial charge in [0.15, 0.2) is 5.03 Å². The van der Waals surface area contributed by atoms with Gasteiger partial charge in [-0.25, -0.2) is 13.4 Å². The maximum Gasteiger partial charge on any atom is 0.260 e. The number of hydrogen-bond donors (Lipinski definition) is 0. The molecule has 1 aliphatic rings. The fourth-order valence-electron chi connectivity index (χ4n) is 2.42. The summed E-state index contributed by atoms with van der Waals surface area (Å²) in [6, 6.07) is 3.47. The third-order valence-corrected chi connectivity index (χ3v) is 5.78. The summed E-state index contributed by atoms with van der Waals surface area (Å²) in [4.78, 5) is 6.31. The number of sulfonamides is 1. The first-order valence-electron chi connectivity index (χ1n) is 6.74. The molecule has 1 saturated heterocycles. The number of nitrogens with zero attached hydrogens (tertiary/aromatic N) is 3. The van der Waals surface area contributed by atoms with Gasteiger partial charge in [-0.2, -0.15) is 4.31 Å². The summed E-state index contributed by atoms with van der Waals surface area (Å²) in [6.07, 6.45) is 1.52. The van der Waals surface area contributed by atoms with Crippen LogP contribution in [0.15, 0.2) is 23.4 Å². The van der Waals surface area contributed by atoms with E-state index in [-0.39, 0.29) is 11.1 Å². The molecule has 1 aliphatic heterocycles. The summed E-state index contributed by atoms with van der Waals surface area (Å²) < 4.78 is 26.6. The molecule has 2 rings (SSSR count). The summed E-state index contributed by atoms with van der Waals surface area (Å²) in [5, 5.41) is 0.100. The van der Waals surface area contributed by atoms with Gasteiger partial charge in [-0.1, -0.05) is 13.0 Å². The van der Waals surface area contributed by atoms with E-state index in [1.807, 2.05) is 0 Å². The van der Waals surface area contributed by atoms with Crippen molar-refractivity contribution in [3.05, 3.63) is 23.9 Å². The molecule has 1 aromatic rings. The zero-order chi connectivity index (χ0) is 14.8. The number of halogens is 1. The number of aromatic nitrogens is 1. The zero-order valence-corrected chi connectivity index (χ0v) is 13.4. The van der Waals surface area contributed by atoms with Crippen LogP contribution in [0.3, 0.4) is 0 Å². The van der Waals surface area contributed by atoms with Crippen molar-refractivity contribution < 1.29 is 8.42 Å². The van der Waals surface area contributed by atoms with E-state index in [0.717, 1.165) is 18.7 Å². The molecule has 20 heavy (non-hydrogen) atoms. The Labute approximate surface area is 125 Å². The molecule has 112 valence electrons. The zero-order valence-electron chi connectivity index (χ0n) is 11.8. The molecule has 0 saturated carbocycles. The van der Waals surface area contributed by atoms with Crippen LogP contribution in [-0.2, 0) is 15.9 Å². The number of alkyl halides is 1. The molecule has 1 unspecified atom stereocenters. The number of hydrogen-bond acceptors (Lipinski definition) is 4. The van der Waals surface area contributed by atoms with E-state index >= 15 is 0 Å². The minimum absolute atomic E-state index is 0.100. The Kier molecular flexibility index (Phi) is 5.01. The van der Waals surface area contributed by atoms with Crippen LogP contribution in [0.2, 0.25) is 0 Å². The van der Waals surface area contributed by atoms with Crippen molar-refractivity contribution in [2.24, 2.45) is 0 Å². The fraction of sp³-hybridized carbons (Fsp3) is 0.615. The monoisotopic (exact) mass is 317 g/mol. The minimum Gasteiger partial charge on any atom is -0.298 e. The quantitative estimate of drug-likeness (QED) is 0.790. The standard InChI is InChI=1S/C13H20ClN3O2S/c1-3-16-6-7-17(10-11(16)2)20(18,19)13-5-4-12(8-14)9-15-13/h4-5,9,11H,3,6-8,10H2,1-2H3. The topological polar surface area (TPSA) is 53.5 Å². The smallest absolute Gasteiger partial charge is 0.260 e. The van der Waals surface area contributed by atoms with E-state index in [9.17, 15) is 8.42 Å². The Bertz CT molecular complexity index is 547. The van der Waals surface area contributed by atoms with Crippen LogP contribution >= 0.6 is 11.6 Å². The molecule has 1 atom stereocenters. The van der Waals surface area contributed by atoms with Crippen LogP contribution in [0, 0.1) is 0 Å². The lowest BCUT2D eigenvalue weighted by Gasteiger charge is -2.38. The third-order valence-electron chi connectivity index (χ3n) is 3.69. The van der Waals surface area contributed by atoms with E-state index in [4.69, 9.17) is 11.6 Å². The lowest BCUT2D eigenvalue weighted by molar-refractivity contribution is 0.135. The molecule has 2 heterocycles. The van der Waals surface area contributed by atoms with Crippen molar-refractivity contribution in [2.75, 3.05) is 26.2 Å². The Balaban J connectivity index is 2.18. The maximum atomic E-state index is 12.5. The summed E-state index contributed by atoms with van der Waals surface area (Å²) in [6.45, 7) is 6.87. The van der Waals surface area contributed by atoms with Crippen LogP contribution in [0.4, 0.5) is 0 Å². The average molecular weight is 318 g/mol. The Morgan fingerprint density at radius 2 is 2.15 bits per heavy atom. The number of likely N-dealkylation sites (N-methyl/N-ethyl adjacent to an activating group) is 1. The van der Waals surface area contributed by atoms with Gasteiger partial charge in [0.05, 0.1) is 0 Å². The highest BCUT2D eigenvalue weighted by Gasteiger charge is 2.32. The molecule has 0 spiro atoms. The van der Waals surface area contributed by atoms with Gasteiger partial charge in [0.2, 0.25) is 0 Å². The minimum atomic E-state index is -3.50. The van der Waals surface area contributed by atoms with Gasteiger partial charge >= 0.3 is 0 Å². The summed E-state index contributed by atoms with van der Waals surface area (Å²) in [5.74, 6) is 0.333. The van der Waals surface area contributed by atoms with Crippen molar-refractivity contribution in [3.63, 3.8) is 0 Å². The van der Waals surface area contributed by atoms with E-state index in [1.54, 1.807) is 6.07 Å². The van der Waals surface area contributed by atoms with Crippen molar-refractivity contribution in [2.45, 2.75) is 30.8 Å². The van der Waals surface area contributed by atoms with Gasteiger partial charge in [0.1, 0.15) is 0 Å². The lowest BCUT2D eigenvalue weighted by atomic mass is 10.2. The molecule has 0 aliphatic carbocycles. The lowest BCUT2D eigenvalue weighted by Crippen LogP contribution is -2.53. The Hall–Kier alpha value is -0.690. The van der Waals surface area contributed by atoms with E-state index in [1.165, 1.54) is 16.6 Å². The predicted octanol–water partition coefficient (Wildman–Crippen LogP) is 1.54. The summed E-state index contributed by atoms with van der Waals surface area (Å²) in [5.41, 5.74) is 0.815. The second-order valence-corrected chi connectivity index (χ2v) is 7.13. The molecule has 0 N–H and O–H groups in total. The van der Waals surface area contributed by atoms with E-state index in [2.05, 4.69) is 23.7 Å². The Morgan fingerprint density at radius 3 is 2.65 bits per heavy atom. The van der Waals surface area contributed by atoms with Crippen LogP contribution in [0.25, 0.3) is 0 Å². The summed E-state index contributed by atoms with van der Waals surface area (Å²) >= 11 is 5.69. The fourth-order valence-corrected chi connectivity index (χ4v) is 4.01. The van der Waals surface area contributed by atoms with Crippen molar-refractivity contribution in [1.29, 1.82) is 0 Å². The molecule has 1 aromatic heterocycles. The molecule has 1 fully saturated rings. The first kappa shape index (κ1) is 15.7. The summed E-state index contributed by atoms with van der Waals surface area (Å²) in [7, 11) is -3.50. The van der Waals surface area contributed by atoms with E-state index < -0.39 is 10.0 Å².